The molecule has 0 saturated carbocycles. The fraction of sp³-hybridized carbons (Fsp3) is 0.143. The van der Waals surface area contributed by atoms with Crippen LogP contribution in [0.25, 0.3) is 0 Å². The van der Waals surface area contributed by atoms with Crippen molar-refractivity contribution in [2.75, 3.05) is 0 Å². The topological polar surface area (TPSA) is 63.8 Å². The monoisotopic (exact) mass is 326 g/mol. The van der Waals surface area contributed by atoms with Crippen LogP contribution < -0.4 is 10.2 Å². The molecule has 0 radical (unpaired) electrons. The third kappa shape index (κ3) is 4.51. The van der Waals surface area contributed by atoms with Crippen LogP contribution in [-0.4, -0.2) is 18.2 Å². The van der Waals surface area contributed by atoms with Crippen LogP contribution in [0.1, 0.15) is 12.7 Å². The van der Waals surface area contributed by atoms with Crippen LogP contribution in [-0.2, 0) is 4.79 Å². The van der Waals surface area contributed by atoms with Crippen LogP contribution in [0.2, 0.25) is 10.0 Å². The summed E-state index contributed by atoms with van der Waals surface area (Å²) in [7, 11) is 0. The first-order chi connectivity index (χ1) is 10.1. The van der Waals surface area contributed by atoms with Gasteiger partial charge in [0.15, 0.2) is 6.10 Å². The second-order valence-electron chi connectivity index (χ2n) is 4.08. The van der Waals surface area contributed by atoms with Crippen LogP contribution in [0, 0.1) is 0 Å². The van der Waals surface area contributed by atoms with Gasteiger partial charge >= 0.3 is 0 Å². The molecule has 21 heavy (non-hydrogen) atoms. The summed E-state index contributed by atoms with van der Waals surface area (Å²) in [4.78, 5) is 11.8. The number of halogens is 2. The Morgan fingerprint density at radius 1 is 1.43 bits per heavy atom. The predicted molar refractivity (Wildman–Crippen MR) is 81.0 cm³/mol. The van der Waals surface area contributed by atoms with Crippen molar-refractivity contribution in [1.29, 1.82) is 0 Å². The number of hydrogen-bond donors (Lipinski definition) is 1. The van der Waals surface area contributed by atoms with Gasteiger partial charge in [0.25, 0.3) is 5.91 Å². The predicted octanol–water partition coefficient (Wildman–Crippen LogP) is 3.50. The van der Waals surface area contributed by atoms with Crippen molar-refractivity contribution in [3.8, 4) is 5.75 Å². The number of nitrogens with one attached hydrogen (secondary N) is 1. The fourth-order valence-electron chi connectivity index (χ4n) is 1.43. The molecule has 7 heteroatoms. The zero-order valence-corrected chi connectivity index (χ0v) is 12.6. The van der Waals surface area contributed by atoms with Gasteiger partial charge < -0.3 is 9.15 Å². The van der Waals surface area contributed by atoms with Crippen LogP contribution in [0.3, 0.4) is 0 Å². The van der Waals surface area contributed by atoms with Gasteiger partial charge in [-0.05, 0) is 37.3 Å². The minimum absolute atomic E-state index is 0.334. The molecule has 0 aliphatic heterocycles. The maximum Gasteiger partial charge on any atom is 0.280 e. The second kappa shape index (κ2) is 7.15. The van der Waals surface area contributed by atoms with Gasteiger partial charge in [-0.3, -0.25) is 4.79 Å². The molecule has 1 amide bonds. The summed E-state index contributed by atoms with van der Waals surface area (Å²) in [6.07, 6.45) is 2.13. The Kier molecular flexibility index (Phi) is 5.25. The molecular weight excluding hydrogens is 315 g/mol. The lowest BCUT2D eigenvalue weighted by atomic mass is 10.3. The van der Waals surface area contributed by atoms with Crippen molar-refractivity contribution in [2.24, 2.45) is 5.10 Å². The summed E-state index contributed by atoms with van der Waals surface area (Å²) in [5, 5.41) is 4.59. The van der Waals surface area contributed by atoms with E-state index in [0.717, 1.165) is 0 Å². The molecule has 5 nitrogen and oxygen atoms in total. The van der Waals surface area contributed by atoms with E-state index in [9.17, 15) is 4.79 Å². The molecule has 0 fully saturated rings. The zero-order valence-electron chi connectivity index (χ0n) is 11.0. The third-order valence-corrected chi connectivity index (χ3v) is 3.01. The molecule has 0 saturated heterocycles. The summed E-state index contributed by atoms with van der Waals surface area (Å²) in [5.41, 5.74) is 2.35. The lowest BCUT2D eigenvalue weighted by Gasteiger charge is -2.14. The maximum atomic E-state index is 11.8. The van der Waals surface area contributed by atoms with E-state index < -0.39 is 12.0 Å². The summed E-state index contributed by atoms with van der Waals surface area (Å²) < 4.78 is 10.5. The molecule has 1 atom stereocenters. The Balaban J connectivity index is 1.90. The molecule has 2 aromatic rings. The Bertz CT molecular complexity index is 642. The molecule has 1 aromatic carbocycles. The molecule has 110 valence electrons. The van der Waals surface area contributed by atoms with Gasteiger partial charge in [-0.25, -0.2) is 5.43 Å². The second-order valence-corrected chi connectivity index (χ2v) is 4.93. The van der Waals surface area contributed by atoms with E-state index in [-0.39, 0.29) is 0 Å². The van der Waals surface area contributed by atoms with Gasteiger partial charge in [0.05, 0.1) is 17.5 Å². The zero-order chi connectivity index (χ0) is 15.2. The number of carbonyl (C=O) groups excluding carboxylic acids is 1. The van der Waals surface area contributed by atoms with Crippen molar-refractivity contribution in [1.82, 2.24) is 5.43 Å². The number of nitrogens with zero attached hydrogens (tertiary/aromatic N) is 1. The largest absolute Gasteiger partial charge is 0.479 e. The molecular formula is C14H12Cl2N2O3. The van der Waals surface area contributed by atoms with Gasteiger partial charge in [-0.1, -0.05) is 23.2 Å². The maximum absolute atomic E-state index is 11.8. The molecule has 1 aromatic heterocycles. The summed E-state index contributed by atoms with van der Waals surface area (Å²) in [6, 6.07) is 8.20. The highest BCUT2D eigenvalue weighted by Gasteiger charge is 2.15. The SMILES string of the molecule is CC(Oc1ccc(Cl)cc1Cl)C(=O)N/N=C/c1ccco1. The van der Waals surface area contributed by atoms with Crippen LogP contribution in [0.4, 0.5) is 0 Å². The molecule has 2 rings (SSSR count). The lowest BCUT2D eigenvalue weighted by Crippen LogP contribution is -2.33. The number of ether oxygens (including phenoxy) is 1. The standard InChI is InChI=1S/C14H12Cl2N2O3/c1-9(21-13-5-4-10(15)7-12(13)16)14(19)18-17-8-11-3-2-6-20-11/h2-9H,1H3,(H,18,19)/b17-8+. The molecule has 0 aliphatic rings. The normalized spacial score (nSPS) is 12.3. The first-order valence-corrected chi connectivity index (χ1v) is 6.80. The minimum Gasteiger partial charge on any atom is -0.479 e. The minimum atomic E-state index is -0.766. The number of hydrogen-bond acceptors (Lipinski definition) is 4. The molecule has 1 unspecified atom stereocenters. The van der Waals surface area contributed by atoms with Crippen LogP contribution >= 0.6 is 23.2 Å². The third-order valence-electron chi connectivity index (χ3n) is 2.48. The molecule has 1 heterocycles. The highest BCUT2D eigenvalue weighted by Crippen LogP contribution is 2.28. The van der Waals surface area contributed by atoms with Crippen LogP contribution in [0.15, 0.2) is 46.1 Å². The Hall–Kier alpha value is -1.98. The number of rotatable bonds is 5. The van der Waals surface area contributed by atoms with E-state index in [1.165, 1.54) is 18.5 Å². The first-order valence-electron chi connectivity index (χ1n) is 6.04. The van der Waals surface area contributed by atoms with Crippen LogP contribution in [0.5, 0.6) is 5.75 Å². The Labute approximate surface area is 131 Å². The van der Waals surface area contributed by atoms with Gasteiger partial charge in [0, 0.05) is 5.02 Å². The van der Waals surface area contributed by atoms with Crippen molar-refractivity contribution < 1.29 is 13.9 Å². The lowest BCUT2D eigenvalue weighted by molar-refractivity contribution is -0.127. The molecule has 0 spiro atoms. The highest BCUT2D eigenvalue weighted by atomic mass is 35.5. The smallest absolute Gasteiger partial charge is 0.280 e. The summed E-state index contributed by atoms with van der Waals surface area (Å²) >= 11 is 11.8. The number of hydrazone groups is 1. The van der Waals surface area contributed by atoms with Gasteiger partial charge in [-0.2, -0.15) is 5.10 Å². The number of carbonyl (C=O) groups is 1. The van der Waals surface area contributed by atoms with Crippen molar-refractivity contribution >= 4 is 35.3 Å². The fourth-order valence-corrected chi connectivity index (χ4v) is 1.88. The van der Waals surface area contributed by atoms with E-state index >= 15 is 0 Å². The van der Waals surface area contributed by atoms with E-state index in [1.54, 1.807) is 31.2 Å². The van der Waals surface area contributed by atoms with E-state index in [0.29, 0.717) is 21.6 Å². The van der Waals surface area contributed by atoms with E-state index in [1.807, 2.05) is 0 Å². The van der Waals surface area contributed by atoms with E-state index in [4.69, 9.17) is 32.4 Å². The van der Waals surface area contributed by atoms with Crippen molar-refractivity contribution in [3.05, 3.63) is 52.4 Å². The average Bonchev–Trinajstić information content (AvgIpc) is 2.95. The quantitative estimate of drug-likeness (QED) is 0.675. The van der Waals surface area contributed by atoms with E-state index in [2.05, 4.69) is 10.5 Å². The Morgan fingerprint density at radius 2 is 2.24 bits per heavy atom. The number of amides is 1. The number of furan rings is 1. The summed E-state index contributed by atoms with van der Waals surface area (Å²) in [6.45, 7) is 1.59. The van der Waals surface area contributed by atoms with Crippen molar-refractivity contribution in [3.63, 3.8) is 0 Å². The summed E-state index contributed by atoms with van der Waals surface area (Å²) in [5.74, 6) is 0.493. The van der Waals surface area contributed by atoms with Crippen molar-refractivity contribution in [2.45, 2.75) is 13.0 Å². The van der Waals surface area contributed by atoms with Gasteiger partial charge in [0.1, 0.15) is 11.5 Å². The molecule has 0 bridgehead atoms. The first kappa shape index (κ1) is 15.4. The highest BCUT2D eigenvalue weighted by molar-refractivity contribution is 6.35. The number of benzene rings is 1. The average molecular weight is 327 g/mol. The molecule has 1 N–H and O–H groups in total. The Morgan fingerprint density at radius 3 is 2.90 bits per heavy atom. The van der Waals surface area contributed by atoms with Gasteiger partial charge in [-0.15, -0.1) is 0 Å². The van der Waals surface area contributed by atoms with Gasteiger partial charge in [0.2, 0.25) is 0 Å². The molecule has 0 aliphatic carbocycles.